The van der Waals surface area contributed by atoms with E-state index in [2.05, 4.69) is 26.5 Å². The average molecular weight is 413 g/mol. The van der Waals surface area contributed by atoms with Crippen LogP contribution in [0.2, 0.25) is 0 Å². The highest BCUT2D eigenvalue weighted by atomic mass is 19.4. The molecule has 0 saturated heterocycles. The zero-order chi connectivity index (χ0) is 20.8. The average Bonchev–Trinajstić information content (AvgIpc) is 3.57. The number of halogens is 5. The number of nitriles is 1. The minimum atomic E-state index is -4.79. The van der Waals surface area contributed by atoms with Gasteiger partial charge in [-0.05, 0) is 19.3 Å². The summed E-state index contributed by atoms with van der Waals surface area (Å²) < 4.78 is 65.9. The van der Waals surface area contributed by atoms with Crippen molar-refractivity contribution in [1.82, 2.24) is 19.7 Å². The van der Waals surface area contributed by atoms with Crippen molar-refractivity contribution in [2.24, 2.45) is 5.92 Å². The van der Waals surface area contributed by atoms with Gasteiger partial charge in [0.25, 0.3) is 6.43 Å². The minimum Gasteiger partial charge on any atom is -0.364 e. The van der Waals surface area contributed by atoms with Crippen LogP contribution in [0.1, 0.15) is 42.5 Å². The van der Waals surface area contributed by atoms with Crippen molar-refractivity contribution in [2.45, 2.75) is 43.8 Å². The standard InChI is InChI=1S/C17H16F5N7/c18-13(19)6-24-15-10(17(20,21)22)5-25-16(27-15)26-11-7-29(12-3-9(12)4-23)28-14(11)8-1-2-8/h5,7-9,12-13H,1-3,6H2,(H2,24,25,26,27)/t9-,12-/m0/s1. The monoisotopic (exact) mass is 413 g/mol. The Morgan fingerprint density at radius 2 is 2.07 bits per heavy atom. The van der Waals surface area contributed by atoms with Crippen LogP contribution in [-0.4, -0.2) is 32.7 Å². The van der Waals surface area contributed by atoms with Gasteiger partial charge in [-0.25, -0.2) is 13.8 Å². The molecule has 29 heavy (non-hydrogen) atoms. The van der Waals surface area contributed by atoms with Crippen LogP contribution in [0.4, 0.5) is 39.4 Å². The Bertz CT molecular complexity index is 945. The van der Waals surface area contributed by atoms with E-state index in [1.165, 1.54) is 0 Å². The summed E-state index contributed by atoms with van der Waals surface area (Å²) in [6, 6.07) is 2.16. The van der Waals surface area contributed by atoms with E-state index >= 15 is 0 Å². The number of nitrogens with one attached hydrogen (secondary N) is 2. The van der Waals surface area contributed by atoms with E-state index in [1.807, 2.05) is 5.32 Å². The maximum atomic E-state index is 13.1. The van der Waals surface area contributed by atoms with Gasteiger partial charge in [0.15, 0.2) is 0 Å². The van der Waals surface area contributed by atoms with Crippen LogP contribution >= 0.6 is 0 Å². The molecule has 0 spiro atoms. The molecule has 7 nitrogen and oxygen atoms in total. The van der Waals surface area contributed by atoms with Crippen LogP contribution in [-0.2, 0) is 6.18 Å². The molecule has 2 aromatic heterocycles. The maximum absolute atomic E-state index is 13.1. The topological polar surface area (TPSA) is 91.5 Å². The molecule has 2 atom stereocenters. The van der Waals surface area contributed by atoms with E-state index < -0.39 is 30.5 Å². The van der Waals surface area contributed by atoms with Crippen molar-refractivity contribution in [3.05, 3.63) is 23.7 Å². The smallest absolute Gasteiger partial charge is 0.364 e. The molecule has 0 radical (unpaired) electrons. The molecule has 0 bridgehead atoms. The van der Waals surface area contributed by atoms with Crippen molar-refractivity contribution < 1.29 is 22.0 Å². The number of hydrogen-bond donors (Lipinski definition) is 2. The fourth-order valence-corrected chi connectivity index (χ4v) is 3.02. The van der Waals surface area contributed by atoms with E-state index in [9.17, 15) is 22.0 Å². The lowest BCUT2D eigenvalue weighted by molar-refractivity contribution is -0.137. The lowest BCUT2D eigenvalue weighted by atomic mass is 10.2. The zero-order valence-corrected chi connectivity index (χ0v) is 14.9. The second-order valence-electron chi connectivity index (χ2n) is 7.07. The number of alkyl halides is 5. The zero-order valence-electron chi connectivity index (χ0n) is 14.9. The van der Waals surface area contributed by atoms with Crippen molar-refractivity contribution in [3.8, 4) is 6.07 Å². The van der Waals surface area contributed by atoms with Gasteiger partial charge in [0.05, 0.1) is 36.0 Å². The van der Waals surface area contributed by atoms with Gasteiger partial charge in [0, 0.05) is 18.3 Å². The predicted molar refractivity (Wildman–Crippen MR) is 91.8 cm³/mol. The van der Waals surface area contributed by atoms with Gasteiger partial charge in [-0.15, -0.1) is 0 Å². The Morgan fingerprint density at radius 1 is 1.31 bits per heavy atom. The van der Waals surface area contributed by atoms with Gasteiger partial charge >= 0.3 is 6.18 Å². The largest absolute Gasteiger partial charge is 0.421 e. The van der Waals surface area contributed by atoms with Crippen LogP contribution in [0, 0.1) is 17.2 Å². The first-order valence-corrected chi connectivity index (χ1v) is 8.98. The van der Waals surface area contributed by atoms with Crippen LogP contribution in [0.25, 0.3) is 0 Å². The quantitative estimate of drug-likeness (QED) is 0.665. The van der Waals surface area contributed by atoms with Crippen molar-refractivity contribution in [1.29, 1.82) is 5.26 Å². The molecule has 2 aliphatic carbocycles. The molecular weight excluding hydrogens is 397 g/mol. The van der Waals surface area contributed by atoms with E-state index in [-0.39, 0.29) is 23.8 Å². The third kappa shape index (κ3) is 4.23. The highest BCUT2D eigenvalue weighted by molar-refractivity contribution is 5.59. The first-order valence-electron chi connectivity index (χ1n) is 8.98. The molecule has 0 aliphatic heterocycles. The molecule has 0 aromatic carbocycles. The van der Waals surface area contributed by atoms with Crippen LogP contribution in [0.3, 0.4) is 0 Å². The second-order valence-corrected chi connectivity index (χ2v) is 7.07. The van der Waals surface area contributed by atoms with Gasteiger partial charge in [-0.3, -0.25) is 4.68 Å². The van der Waals surface area contributed by atoms with E-state index in [4.69, 9.17) is 5.26 Å². The lowest BCUT2D eigenvalue weighted by Gasteiger charge is -2.14. The third-order valence-electron chi connectivity index (χ3n) is 4.75. The van der Waals surface area contributed by atoms with Gasteiger partial charge in [-0.1, -0.05) is 0 Å². The molecule has 2 heterocycles. The van der Waals surface area contributed by atoms with E-state index in [0.29, 0.717) is 18.3 Å². The van der Waals surface area contributed by atoms with E-state index in [1.54, 1.807) is 10.9 Å². The minimum absolute atomic E-state index is 0.0233. The number of hydrogen-bond acceptors (Lipinski definition) is 6. The van der Waals surface area contributed by atoms with Crippen molar-refractivity contribution in [3.63, 3.8) is 0 Å². The van der Waals surface area contributed by atoms with Crippen molar-refractivity contribution in [2.75, 3.05) is 17.2 Å². The van der Waals surface area contributed by atoms with Gasteiger partial charge in [0.2, 0.25) is 5.95 Å². The molecule has 2 fully saturated rings. The van der Waals surface area contributed by atoms with E-state index in [0.717, 1.165) is 18.5 Å². The molecule has 2 aliphatic rings. The fraction of sp³-hybridized carbons (Fsp3) is 0.529. The number of rotatable bonds is 7. The Kier molecular flexibility index (Phi) is 4.76. The number of anilines is 3. The molecule has 2 saturated carbocycles. The maximum Gasteiger partial charge on any atom is 0.421 e. The predicted octanol–water partition coefficient (Wildman–Crippen LogP) is 4.07. The molecule has 0 unspecified atom stereocenters. The summed E-state index contributed by atoms with van der Waals surface area (Å²) >= 11 is 0. The van der Waals surface area contributed by atoms with Gasteiger partial charge < -0.3 is 10.6 Å². The Hall–Kier alpha value is -2.97. The number of aromatic nitrogens is 4. The molecule has 2 N–H and O–H groups in total. The Labute approximate surface area is 161 Å². The summed E-state index contributed by atoms with van der Waals surface area (Å²) in [5.41, 5.74) is 0.0477. The second kappa shape index (κ2) is 7.13. The Balaban J connectivity index is 1.60. The van der Waals surface area contributed by atoms with Crippen molar-refractivity contribution >= 4 is 17.5 Å². The highest BCUT2D eigenvalue weighted by Crippen LogP contribution is 2.47. The summed E-state index contributed by atoms with van der Waals surface area (Å²) in [7, 11) is 0. The summed E-state index contributed by atoms with van der Waals surface area (Å²) in [6.45, 7) is -0.970. The third-order valence-corrected chi connectivity index (χ3v) is 4.75. The van der Waals surface area contributed by atoms with Crippen LogP contribution in [0.5, 0.6) is 0 Å². The Morgan fingerprint density at radius 3 is 2.66 bits per heavy atom. The molecule has 0 amide bonds. The SMILES string of the molecule is N#C[C@@H]1C[C@@H]1n1cc(Nc2ncc(C(F)(F)F)c(NCC(F)F)n2)c(C2CC2)n1. The molecule has 2 aromatic rings. The lowest BCUT2D eigenvalue weighted by Crippen LogP contribution is -2.18. The van der Waals surface area contributed by atoms with Gasteiger partial charge in [-0.2, -0.15) is 28.5 Å². The summed E-state index contributed by atoms with van der Waals surface area (Å²) in [5, 5.41) is 18.4. The molecule has 12 heteroatoms. The highest BCUT2D eigenvalue weighted by Gasteiger charge is 2.41. The first kappa shape index (κ1) is 19.4. The summed E-state index contributed by atoms with van der Waals surface area (Å²) in [5.74, 6) is -0.766. The molecule has 154 valence electrons. The number of nitrogens with zero attached hydrogens (tertiary/aromatic N) is 5. The summed E-state index contributed by atoms with van der Waals surface area (Å²) in [4.78, 5) is 7.44. The van der Waals surface area contributed by atoms with Gasteiger partial charge in [0.1, 0.15) is 11.4 Å². The normalized spacial score (nSPS) is 21.1. The first-order chi connectivity index (χ1) is 13.8. The fourth-order valence-electron chi connectivity index (χ4n) is 3.02. The van der Waals surface area contributed by atoms with Crippen LogP contribution < -0.4 is 10.6 Å². The molecular formula is C17H16F5N7. The molecule has 4 rings (SSSR count). The summed E-state index contributed by atoms with van der Waals surface area (Å²) in [6.07, 6.45) is -2.82. The van der Waals surface area contributed by atoms with Crippen LogP contribution in [0.15, 0.2) is 12.4 Å².